The minimum Gasteiger partial charge on any atom is -0.481 e. The van der Waals surface area contributed by atoms with Crippen LogP contribution in [0.5, 0.6) is 0 Å². The zero-order valence-corrected chi connectivity index (χ0v) is 16.0. The summed E-state index contributed by atoms with van der Waals surface area (Å²) in [5, 5.41) is 40.9. The number of carboxylic acids is 5. The number of aliphatic carboxylic acids is 5. The van der Waals surface area contributed by atoms with Crippen molar-refractivity contribution in [3.8, 4) is 0 Å². The van der Waals surface area contributed by atoms with Crippen LogP contribution >= 0.6 is 0 Å². The third-order valence-corrected chi connectivity index (χ3v) is 3.01. The first-order valence-electron chi connectivity index (χ1n) is 8.26. The fourth-order valence-electron chi connectivity index (χ4n) is 1.20. The smallest absolute Gasteiger partial charge is 0.338 e. The van der Waals surface area contributed by atoms with E-state index in [9.17, 15) is 24.0 Å². The largest absolute Gasteiger partial charge is 0.481 e. The maximum atomic E-state index is 10.4. The molecular formula is C15H30N4O10. The Labute approximate surface area is 166 Å². The summed E-state index contributed by atoms with van der Waals surface area (Å²) < 4.78 is 0. The molecule has 13 N–H and O–H groups in total. The summed E-state index contributed by atoms with van der Waals surface area (Å²) in [5.41, 5.74) is 18.5. The molecular weight excluding hydrogens is 396 g/mol. The van der Waals surface area contributed by atoms with Gasteiger partial charge in [-0.05, 0) is 32.6 Å². The summed E-state index contributed by atoms with van der Waals surface area (Å²) in [5.74, 6) is -5.34. The van der Waals surface area contributed by atoms with E-state index in [1.54, 1.807) is 0 Å². The number of carboxylic acid groups (broad SMARTS) is 5. The molecule has 0 saturated carbocycles. The molecule has 0 heterocycles. The van der Waals surface area contributed by atoms with Crippen LogP contribution in [-0.2, 0) is 24.0 Å². The number of unbranched alkanes of at least 4 members (excludes halogenated alkanes) is 1. The molecule has 0 radical (unpaired) electrons. The minimum atomic E-state index is -1.74. The van der Waals surface area contributed by atoms with Crippen LogP contribution in [0.4, 0.5) is 0 Å². The summed E-state index contributed by atoms with van der Waals surface area (Å²) in [6, 6.07) is -1.79. The topological polar surface area (TPSA) is 291 Å². The molecule has 2 atom stereocenters. The van der Waals surface area contributed by atoms with Crippen molar-refractivity contribution in [2.75, 3.05) is 0 Å². The van der Waals surface area contributed by atoms with Gasteiger partial charge in [0.05, 0.1) is 0 Å². The fourth-order valence-corrected chi connectivity index (χ4v) is 1.20. The minimum absolute atomic E-state index is 0.00962. The average Bonchev–Trinajstić information content (AvgIpc) is 2.57. The summed E-state index contributed by atoms with van der Waals surface area (Å²) in [7, 11) is 0. The molecule has 0 aromatic carbocycles. The Hall–Kier alpha value is -2.81. The number of hydrogen-bond acceptors (Lipinski definition) is 9. The van der Waals surface area contributed by atoms with Crippen LogP contribution in [0.1, 0.15) is 45.4 Å². The lowest BCUT2D eigenvalue weighted by Gasteiger charge is -2.18. The normalized spacial score (nSPS) is 12.2. The molecule has 14 nitrogen and oxygen atoms in total. The molecule has 29 heavy (non-hydrogen) atoms. The lowest BCUT2D eigenvalue weighted by Crippen LogP contribution is -2.56. The zero-order valence-electron chi connectivity index (χ0n) is 16.0. The summed E-state index contributed by atoms with van der Waals surface area (Å²) in [6.07, 6.45) is 0.647. The Morgan fingerprint density at radius 2 is 1.21 bits per heavy atom. The van der Waals surface area contributed by atoms with E-state index in [2.05, 4.69) is 0 Å². The molecule has 14 heteroatoms. The van der Waals surface area contributed by atoms with Gasteiger partial charge in [-0.2, -0.15) is 0 Å². The summed E-state index contributed by atoms with van der Waals surface area (Å²) in [4.78, 5) is 49.9. The van der Waals surface area contributed by atoms with E-state index in [1.165, 1.54) is 6.92 Å². The molecule has 0 aliphatic rings. The first kappa shape index (κ1) is 30.9. The van der Waals surface area contributed by atoms with Crippen molar-refractivity contribution in [2.45, 2.75) is 63.2 Å². The first-order valence-corrected chi connectivity index (χ1v) is 8.26. The Kier molecular flexibility index (Phi) is 17.2. The van der Waals surface area contributed by atoms with Crippen LogP contribution in [0.2, 0.25) is 0 Å². The molecule has 0 rings (SSSR count). The second-order valence-corrected chi connectivity index (χ2v) is 5.95. The van der Waals surface area contributed by atoms with Crippen LogP contribution in [-0.4, -0.2) is 73.1 Å². The Morgan fingerprint density at radius 1 is 0.793 bits per heavy atom. The van der Waals surface area contributed by atoms with Crippen molar-refractivity contribution in [1.29, 1.82) is 0 Å². The van der Waals surface area contributed by atoms with Gasteiger partial charge in [0.25, 0.3) is 0 Å². The molecule has 0 aliphatic heterocycles. The van der Waals surface area contributed by atoms with E-state index in [1.807, 2.05) is 0 Å². The van der Waals surface area contributed by atoms with Crippen molar-refractivity contribution in [2.24, 2.45) is 22.9 Å². The monoisotopic (exact) mass is 426 g/mol. The van der Waals surface area contributed by atoms with Crippen LogP contribution in [0, 0.1) is 0 Å². The number of carbonyl (C=O) groups is 5. The van der Waals surface area contributed by atoms with Gasteiger partial charge in [-0.1, -0.05) is 0 Å². The van der Waals surface area contributed by atoms with Crippen molar-refractivity contribution < 1.29 is 49.5 Å². The van der Waals surface area contributed by atoms with E-state index in [0.717, 1.165) is 0 Å². The molecule has 0 saturated heterocycles. The van der Waals surface area contributed by atoms with Crippen LogP contribution < -0.4 is 22.9 Å². The quantitative estimate of drug-likeness (QED) is 0.128. The highest BCUT2D eigenvalue weighted by atomic mass is 16.4. The van der Waals surface area contributed by atoms with Gasteiger partial charge < -0.3 is 48.5 Å². The SMILES string of the molecule is C[C@H](N)C(=O)O.NC(N)(CCCCC(=O)O)C(=O)O.N[C@H](CCC(=O)O)C(=O)O. The van der Waals surface area contributed by atoms with Crippen LogP contribution in [0.3, 0.4) is 0 Å². The highest BCUT2D eigenvalue weighted by Gasteiger charge is 2.27. The second-order valence-electron chi connectivity index (χ2n) is 5.95. The predicted octanol–water partition coefficient (Wildman–Crippen LogP) is -1.99. The van der Waals surface area contributed by atoms with Crippen molar-refractivity contribution in [3.63, 3.8) is 0 Å². The van der Waals surface area contributed by atoms with Crippen molar-refractivity contribution in [3.05, 3.63) is 0 Å². The molecule has 0 unspecified atom stereocenters. The van der Waals surface area contributed by atoms with E-state index < -0.39 is 47.6 Å². The Bertz CT molecular complexity index is 551. The van der Waals surface area contributed by atoms with Gasteiger partial charge in [0, 0.05) is 12.8 Å². The summed E-state index contributed by atoms with van der Waals surface area (Å²) in [6.45, 7) is 1.42. The van der Waals surface area contributed by atoms with Gasteiger partial charge in [-0.15, -0.1) is 0 Å². The third-order valence-electron chi connectivity index (χ3n) is 3.01. The average molecular weight is 426 g/mol. The van der Waals surface area contributed by atoms with Crippen LogP contribution in [0.15, 0.2) is 0 Å². The standard InChI is InChI=1S/C7H14N2O4.C5H9NO4.C3H7NO2/c8-7(9,6(12)13)4-2-1-3-5(10)11;6-3(5(9)10)1-2-4(7)8;1-2(4)3(5)6/h1-4,8-9H2,(H,10,11)(H,12,13);3H,1-2,6H2,(H,7,8)(H,9,10);2H,4H2,1H3,(H,5,6)/t;3-;2-/m.10/s1. The zero-order chi connectivity index (χ0) is 23.8. The van der Waals surface area contributed by atoms with Gasteiger partial charge in [-0.25, -0.2) is 4.79 Å². The molecule has 0 aromatic heterocycles. The third kappa shape index (κ3) is 23.2. The Morgan fingerprint density at radius 3 is 1.48 bits per heavy atom. The van der Waals surface area contributed by atoms with Gasteiger partial charge in [0.1, 0.15) is 12.1 Å². The lowest BCUT2D eigenvalue weighted by molar-refractivity contribution is -0.143. The Balaban J connectivity index is -0.000000375. The molecule has 0 fully saturated rings. The molecule has 170 valence electrons. The molecule has 0 aliphatic carbocycles. The molecule has 0 aromatic rings. The van der Waals surface area contributed by atoms with Gasteiger partial charge in [0.15, 0.2) is 5.66 Å². The lowest BCUT2D eigenvalue weighted by atomic mass is 10.0. The van der Waals surface area contributed by atoms with E-state index in [0.29, 0.717) is 12.8 Å². The maximum absolute atomic E-state index is 10.4. The highest BCUT2D eigenvalue weighted by Crippen LogP contribution is 2.07. The predicted molar refractivity (Wildman–Crippen MR) is 98.6 cm³/mol. The highest BCUT2D eigenvalue weighted by molar-refractivity contribution is 5.77. The van der Waals surface area contributed by atoms with E-state index in [-0.39, 0.29) is 25.7 Å². The van der Waals surface area contributed by atoms with Gasteiger partial charge >= 0.3 is 29.8 Å². The van der Waals surface area contributed by atoms with E-state index >= 15 is 0 Å². The molecule has 0 bridgehead atoms. The number of rotatable bonds is 11. The fraction of sp³-hybridized carbons (Fsp3) is 0.667. The van der Waals surface area contributed by atoms with E-state index in [4.69, 9.17) is 48.5 Å². The maximum Gasteiger partial charge on any atom is 0.338 e. The molecule has 0 amide bonds. The molecule has 0 spiro atoms. The number of nitrogens with two attached hydrogens (primary N) is 4. The van der Waals surface area contributed by atoms with Gasteiger partial charge in [-0.3, -0.25) is 19.2 Å². The second kappa shape index (κ2) is 16.2. The number of hydrogen-bond donors (Lipinski definition) is 9. The van der Waals surface area contributed by atoms with Gasteiger partial charge in [0.2, 0.25) is 0 Å². The summed E-state index contributed by atoms with van der Waals surface area (Å²) >= 11 is 0. The first-order chi connectivity index (χ1) is 13.0. The van der Waals surface area contributed by atoms with Crippen molar-refractivity contribution in [1.82, 2.24) is 0 Å². The van der Waals surface area contributed by atoms with Crippen LogP contribution in [0.25, 0.3) is 0 Å². The van der Waals surface area contributed by atoms with Crippen molar-refractivity contribution >= 4 is 29.8 Å².